The van der Waals surface area contributed by atoms with Crippen LogP contribution in [0.2, 0.25) is 0 Å². The molecular formula is C12H9BrF2N2O. The number of alkyl halides is 2. The van der Waals surface area contributed by atoms with Crippen LogP contribution in [0.15, 0.2) is 47.1 Å². The van der Waals surface area contributed by atoms with Crippen molar-refractivity contribution in [2.75, 3.05) is 5.32 Å². The molecule has 18 heavy (non-hydrogen) atoms. The summed E-state index contributed by atoms with van der Waals surface area (Å²) in [5.41, 5.74) is 0.742. The zero-order valence-electron chi connectivity index (χ0n) is 9.11. The Morgan fingerprint density at radius 1 is 1.11 bits per heavy atom. The molecule has 0 amide bonds. The average Bonchev–Trinajstić information content (AvgIpc) is 2.34. The number of anilines is 2. The quantitative estimate of drug-likeness (QED) is 0.918. The van der Waals surface area contributed by atoms with Crippen LogP contribution in [-0.2, 0) is 0 Å². The molecule has 0 spiro atoms. The van der Waals surface area contributed by atoms with Crippen molar-refractivity contribution in [2.45, 2.75) is 6.61 Å². The molecule has 0 aliphatic heterocycles. The maximum absolute atomic E-state index is 12.0. The van der Waals surface area contributed by atoms with Gasteiger partial charge >= 0.3 is 6.61 Å². The van der Waals surface area contributed by atoms with Crippen molar-refractivity contribution in [3.63, 3.8) is 0 Å². The average molecular weight is 315 g/mol. The van der Waals surface area contributed by atoms with Crippen molar-refractivity contribution in [2.24, 2.45) is 0 Å². The van der Waals surface area contributed by atoms with Crippen molar-refractivity contribution in [1.82, 2.24) is 4.98 Å². The Morgan fingerprint density at radius 3 is 2.39 bits per heavy atom. The van der Waals surface area contributed by atoms with Gasteiger partial charge in [0.15, 0.2) is 0 Å². The number of ether oxygens (including phenoxy) is 1. The molecule has 1 aromatic heterocycles. The van der Waals surface area contributed by atoms with E-state index in [1.54, 1.807) is 24.4 Å². The van der Waals surface area contributed by atoms with Crippen LogP contribution >= 0.6 is 15.9 Å². The first-order chi connectivity index (χ1) is 8.63. The molecule has 0 fully saturated rings. The third-order valence-electron chi connectivity index (χ3n) is 2.08. The van der Waals surface area contributed by atoms with Gasteiger partial charge in [0, 0.05) is 16.4 Å². The molecule has 0 saturated heterocycles. The molecule has 0 saturated carbocycles. The SMILES string of the molecule is FC(F)Oc1ccc(Nc2ccc(Br)cn2)cc1. The molecule has 0 atom stereocenters. The van der Waals surface area contributed by atoms with Crippen LogP contribution in [0.25, 0.3) is 0 Å². The smallest absolute Gasteiger partial charge is 0.387 e. The Morgan fingerprint density at radius 2 is 1.83 bits per heavy atom. The van der Waals surface area contributed by atoms with Crippen molar-refractivity contribution < 1.29 is 13.5 Å². The van der Waals surface area contributed by atoms with Gasteiger partial charge in [0.05, 0.1) is 0 Å². The normalized spacial score (nSPS) is 10.4. The largest absolute Gasteiger partial charge is 0.435 e. The highest BCUT2D eigenvalue weighted by atomic mass is 79.9. The second-order valence-electron chi connectivity index (χ2n) is 3.39. The molecule has 2 rings (SSSR count). The van der Waals surface area contributed by atoms with Crippen LogP contribution in [0.5, 0.6) is 5.75 Å². The minimum absolute atomic E-state index is 0.124. The maximum Gasteiger partial charge on any atom is 0.387 e. The molecule has 1 N–H and O–H groups in total. The number of nitrogens with one attached hydrogen (secondary N) is 1. The molecular weight excluding hydrogens is 306 g/mol. The Bertz CT molecular complexity index is 502. The Labute approximate surface area is 111 Å². The molecule has 2 aromatic rings. The summed E-state index contributed by atoms with van der Waals surface area (Å²) in [6, 6.07) is 9.86. The lowest BCUT2D eigenvalue weighted by Crippen LogP contribution is -2.01. The van der Waals surface area contributed by atoms with Crippen LogP contribution < -0.4 is 10.1 Å². The summed E-state index contributed by atoms with van der Waals surface area (Å²) < 4.78 is 29.0. The minimum atomic E-state index is -2.81. The summed E-state index contributed by atoms with van der Waals surface area (Å²) in [5, 5.41) is 3.04. The molecule has 94 valence electrons. The van der Waals surface area contributed by atoms with E-state index in [4.69, 9.17) is 0 Å². The van der Waals surface area contributed by atoms with Gasteiger partial charge in [-0.2, -0.15) is 8.78 Å². The molecule has 1 aromatic carbocycles. The third kappa shape index (κ3) is 3.66. The first-order valence-corrected chi connectivity index (χ1v) is 5.86. The van der Waals surface area contributed by atoms with E-state index >= 15 is 0 Å². The van der Waals surface area contributed by atoms with Crippen LogP contribution in [0.4, 0.5) is 20.3 Å². The molecule has 0 radical (unpaired) electrons. The first kappa shape index (κ1) is 12.8. The lowest BCUT2D eigenvalue weighted by molar-refractivity contribution is -0.0498. The molecule has 3 nitrogen and oxygen atoms in total. The van der Waals surface area contributed by atoms with Crippen molar-refractivity contribution in [3.8, 4) is 5.75 Å². The van der Waals surface area contributed by atoms with E-state index in [2.05, 4.69) is 31.0 Å². The fraction of sp³-hybridized carbons (Fsp3) is 0.0833. The summed E-state index contributed by atoms with van der Waals surface area (Å²) in [4.78, 5) is 4.14. The summed E-state index contributed by atoms with van der Waals surface area (Å²) >= 11 is 3.29. The molecule has 6 heteroatoms. The van der Waals surface area contributed by atoms with Crippen LogP contribution in [-0.4, -0.2) is 11.6 Å². The highest BCUT2D eigenvalue weighted by Gasteiger charge is 2.03. The van der Waals surface area contributed by atoms with Gasteiger partial charge in [0.25, 0.3) is 0 Å². The number of hydrogen-bond acceptors (Lipinski definition) is 3. The number of aromatic nitrogens is 1. The van der Waals surface area contributed by atoms with E-state index in [0.717, 1.165) is 10.2 Å². The Kier molecular flexibility index (Phi) is 4.09. The van der Waals surface area contributed by atoms with Crippen LogP contribution in [0.1, 0.15) is 0 Å². The number of nitrogens with zero attached hydrogens (tertiary/aromatic N) is 1. The van der Waals surface area contributed by atoms with Gasteiger partial charge in [0.1, 0.15) is 11.6 Å². The lowest BCUT2D eigenvalue weighted by Gasteiger charge is -2.07. The minimum Gasteiger partial charge on any atom is -0.435 e. The van der Waals surface area contributed by atoms with Gasteiger partial charge in [-0.05, 0) is 52.3 Å². The van der Waals surface area contributed by atoms with Gasteiger partial charge in [0.2, 0.25) is 0 Å². The number of halogens is 3. The van der Waals surface area contributed by atoms with Gasteiger partial charge in [-0.3, -0.25) is 0 Å². The summed E-state index contributed by atoms with van der Waals surface area (Å²) in [6.45, 7) is -2.81. The monoisotopic (exact) mass is 314 g/mol. The van der Waals surface area contributed by atoms with Crippen molar-refractivity contribution in [3.05, 3.63) is 47.1 Å². The second-order valence-corrected chi connectivity index (χ2v) is 4.31. The van der Waals surface area contributed by atoms with Gasteiger partial charge < -0.3 is 10.1 Å². The van der Waals surface area contributed by atoms with E-state index in [0.29, 0.717) is 5.82 Å². The summed E-state index contributed by atoms with van der Waals surface area (Å²) in [5.74, 6) is 0.792. The van der Waals surface area contributed by atoms with E-state index in [9.17, 15) is 8.78 Å². The number of rotatable bonds is 4. The van der Waals surface area contributed by atoms with E-state index < -0.39 is 6.61 Å². The van der Waals surface area contributed by atoms with E-state index in [1.165, 1.54) is 12.1 Å². The topological polar surface area (TPSA) is 34.1 Å². The second kappa shape index (κ2) is 5.77. The molecule has 0 aliphatic rings. The van der Waals surface area contributed by atoms with Crippen LogP contribution in [0, 0.1) is 0 Å². The lowest BCUT2D eigenvalue weighted by atomic mass is 10.3. The maximum atomic E-state index is 12.0. The number of benzene rings is 1. The standard InChI is InChI=1S/C12H9BrF2N2O/c13-8-1-6-11(16-7-8)17-9-2-4-10(5-3-9)18-12(14)15/h1-7,12H,(H,16,17). The van der Waals surface area contributed by atoms with E-state index in [1.807, 2.05) is 6.07 Å². The number of hydrogen-bond donors (Lipinski definition) is 1. The number of pyridine rings is 1. The van der Waals surface area contributed by atoms with Crippen molar-refractivity contribution in [1.29, 1.82) is 0 Å². The Balaban J connectivity index is 2.04. The highest BCUT2D eigenvalue weighted by Crippen LogP contribution is 2.20. The highest BCUT2D eigenvalue weighted by molar-refractivity contribution is 9.10. The zero-order chi connectivity index (χ0) is 13.0. The van der Waals surface area contributed by atoms with Gasteiger partial charge in [-0.1, -0.05) is 0 Å². The molecule has 0 bridgehead atoms. The molecule has 0 unspecified atom stereocenters. The third-order valence-corrected chi connectivity index (χ3v) is 2.55. The van der Waals surface area contributed by atoms with Gasteiger partial charge in [-0.15, -0.1) is 0 Å². The Hall–Kier alpha value is -1.69. The van der Waals surface area contributed by atoms with Gasteiger partial charge in [-0.25, -0.2) is 4.98 Å². The zero-order valence-corrected chi connectivity index (χ0v) is 10.7. The summed E-state index contributed by atoms with van der Waals surface area (Å²) in [7, 11) is 0. The fourth-order valence-electron chi connectivity index (χ4n) is 1.32. The predicted octanol–water partition coefficient (Wildman–Crippen LogP) is 4.19. The molecule has 1 heterocycles. The summed E-state index contributed by atoms with van der Waals surface area (Å²) in [6.07, 6.45) is 1.66. The molecule has 0 aliphatic carbocycles. The van der Waals surface area contributed by atoms with Crippen LogP contribution in [0.3, 0.4) is 0 Å². The first-order valence-electron chi connectivity index (χ1n) is 5.07. The fourth-order valence-corrected chi connectivity index (χ4v) is 1.55. The van der Waals surface area contributed by atoms with Crippen molar-refractivity contribution >= 4 is 27.4 Å². The predicted molar refractivity (Wildman–Crippen MR) is 68.3 cm³/mol. The van der Waals surface area contributed by atoms with E-state index in [-0.39, 0.29) is 5.75 Å².